The lowest BCUT2D eigenvalue weighted by Gasteiger charge is -2.32. The summed E-state index contributed by atoms with van der Waals surface area (Å²) in [7, 11) is -3.59. The first kappa shape index (κ1) is 23.9. The monoisotopic (exact) mass is 503 g/mol. The maximum atomic E-state index is 13.0. The number of benzene rings is 2. The highest BCUT2D eigenvalue weighted by molar-refractivity contribution is 7.89. The molecule has 0 spiro atoms. The van der Waals surface area contributed by atoms with E-state index >= 15 is 0 Å². The number of hydrogen-bond donors (Lipinski definition) is 0. The molecule has 0 saturated carbocycles. The minimum Gasteiger partial charge on any atom is -0.312 e. The summed E-state index contributed by atoms with van der Waals surface area (Å²) in [6.07, 6.45) is 4.51. The van der Waals surface area contributed by atoms with Crippen LogP contribution in [0.3, 0.4) is 0 Å². The van der Waals surface area contributed by atoms with Crippen molar-refractivity contribution in [2.45, 2.75) is 50.6 Å². The van der Waals surface area contributed by atoms with Gasteiger partial charge >= 0.3 is 0 Å². The zero-order valence-electron chi connectivity index (χ0n) is 18.6. The third kappa shape index (κ3) is 4.57. The fraction of sp³-hybridized carbons (Fsp3) is 0.333. The summed E-state index contributed by atoms with van der Waals surface area (Å²) >= 11 is 7.71. The third-order valence-corrected chi connectivity index (χ3v) is 9.47. The largest absolute Gasteiger partial charge is 0.312 e. The lowest BCUT2D eigenvalue weighted by atomic mass is 10.1. The maximum absolute atomic E-state index is 13.0. The number of allylic oxidation sites excluding steroid dienone is 1. The van der Waals surface area contributed by atoms with Crippen LogP contribution >= 0.6 is 22.9 Å². The average Bonchev–Trinajstić information content (AvgIpc) is 3.14. The number of piperidine rings is 1. The van der Waals surface area contributed by atoms with Gasteiger partial charge in [0, 0.05) is 29.7 Å². The molecule has 1 saturated heterocycles. The van der Waals surface area contributed by atoms with Crippen molar-refractivity contribution in [3.05, 3.63) is 70.0 Å². The molecule has 33 heavy (non-hydrogen) atoms. The molecule has 1 aromatic heterocycles. The van der Waals surface area contributed by atoms with Gasteiger partial charge in [0.05, 0.1) is 15.1 Å². The van der Waals surface area contributed by atoms with Gasteiger partial charge in [-0.1, -0.05) is 35.4 Å². The Hall–Kier alpha value is -2.26. The summed E-state index contributed by atoms with van der Waals surface area (Å²) in [5.41, 5.74) is 2.18. The highest BCUT2D eigenvalue weighted by Gasteiger charge is 2.30. The highest BCUT2D eigenvalue weighted by Crippen LogP contribution is 2.28. The molecule has 174 valence electrons. The zero-order valence-corrected chi connectivity index (χ0v) is 21.0. The minimum absolute atomic E-state index is 0.0229. The van der Waals surface area contributed by atoms with Crippen molar-refractivity contribution in [3.8, 4) is 0 Å². The van der Waals surface area contributed by atoms with Crippen LogP contribution in [-0.2, 0) is 16.6 Å². The molecule has 1 atom stereocenters. The van der Waals surface area contributed by atoms with Gasteiger partial charge in [-0.15, -0.1) is 6.58 Å². The highest BCUT2D eigenvalue weighted by atomic mass is 35.5. The number of aromatic nitrogens is 1. The molecule has 1 amide bonds. The van der Waals surface area contributed by atoms with Crippen molar-refractivity contribution < 1.29 is 13.2 Å². The molecule has 0 radical (unpaired) electrons. The van der Waals surface area contributed by atoms with Crippen molar-refractivity contribution in [3.63, 3.8) is 0 Å². The van der Waals surface area contributed by atoms with E-state index in [0.29, 0.717) is 28.5 Å². The number of carbonyl (C=O) groups is 1. The summed E-state index contributed by atoms with van der Waals surface area (Å²) in [5.74, 6) is -0.432. The molecule has 2 heterocycles. The zero-order chi connectivity index (χ0) is 23.8. The number of fused-ring (bicyclic) bond motifs is 1. The molecule has 2 aromatic carbocycles. The summed E-state index contributed by atoms with van der Waals surface area (Å²) in [6.45, 7) is 8.70. The SMILES string of the molecule is C=CCn1c(=NC(=O)c2ccc(S(=O)(=O)N3CCCCC3C)cc2)sc2ccc(Cl)c(C)c21. The third-order valence-electron chi connectivity index (χ3n) is 5.99. The van der Waals surface area contributed by atoms with Gasteiger partial charge in [-0.3, -0.25) is 4.79 Å². The molecule has 0 bridgehead atoms. The number of aryl methyl sites for hydroxylation is 1. The Kier molecular flexibility index (Phi) is 6.91. The molecule has 1 unspecified atom stereocenters. The molecule has 9 heteroatoms. The fourth-order valence-corrected chi connectivity index (χ4v) is 7.13. The van der Waals surface area contributed by atoms with Crippen molar-refractivity contribution in [2.75, 3.05) is 6.54 Å². The summed E-state index contributed by atoms with van der Waals surface area (Å²) in [4.78, 5) is 18.0. The number of sulfonamides is 1. The van der Waals surface area contributed by atoms with Crippen LogP contribution in [0.5, 0.6) is 0 Å². The minimum atomic E-state index is -3.59. The number of carbonyl (C=O) groups excluding carboxylic acids is 1. The van der Waals surface area contributed by atoms with Crippen LogP contribution in [-0.4, -0.2) is 35.8 Å². The number of rotatable bonds is 5. The number of halogens is 1. The second-order valence-electron chi connectivity index (χ2n) is 8.20. The molecule has 4 rings (SSSR count). The maximum Gasteiger partial charge on any atom is 0.279 e. The molecular weight excluding hydrogens is 478 g/mol. The van der Waals surface area contributed by atoms with Gasteiger partial charge in [0.2, 0.25) is 10.0 Å². The summed E-state index contributed by atoms with van der Waals surface area (Å²) in [5, 5.41) is 0.649. The fourth-order valence-electron chi connectivity index (χ4n) is 4.18. The van der Waals surface area contributed by atoms with Crippen LogP contribution < -0.4 is 4.80 Å². The number of nitrogens with zero attached hydrogens (tertiary/aromatic N) is 3. The van der Waals surface area contributed by atoms with Gasteiger partial charge in [0.1, 0.15) is 0 Å². The van der Waals surface area contributed by atoms with Crippen LogP contribution in [0.1, 0.15) is 42.1 Å². The van der Waals surface area contributed by atoms with Gasteiger partial charge in [0.15, 0.2) is 4.80 Å². The van der Waals surface area contributed by atoms with E-state index in [1.807, 2.05) is 30.5 Å². The van der Waals surface area contributed by atoms with E-state index < -0.39 is 15.9 Å². The quantitative estimate of drug-likeness (QED) is 0.452. The van der Waals surface area contributed by atoms with Crippen molar-refractivity contribution >= 4 is 49.1 Å². The van der Waals surface area contributed by atoms with Gasteiger partial charge in [0.25, 0.3) is 5.91 Å². The van der Waals surface area contributed by atoms with Crippen LogP contribution in [0.4, 0.5) is 0 Å². The van der Waals surface area contributed by atoms with E-state index in [1.165, 1.54) is 35.6 Å². The average molecular weight is 504 g/mol. The van der Waals surface area contributed by atoms with E-state index in [-0.39, 0.29) is 10.9 Å². The molecule has 1 fully saturated rings. The van der Waals surface area contributed by atoms with Gasteiger partial charge in [-0.2, -0.15) is 9.30 Å². The Bertz CT molecular complexity index is 1390. The normalized spacial score (nSPS) is 18.0. The topological polar surface area (TPSA) is 71.7 Å². The summed E-state index contributed by atoms with van der Waals surface area (Å²) < 4.78 is 30.5. The van der Waals surface area contributed by atoms with E-state index in [2.05, 4.69) is 11.6 Å². The predicted octanol–water partition coefficient (Wildman–Crippen LogP) is 5.15. The Balaban J connectivity index is 1.68. The molecule has 0 N–H and O–H groups in total. The van der Waals surface area contributed by atoms with Crippen LogP contribution in [0.25, 0.3) is 10.2 Å². The van der Waals surface area contributed by atoms with Gasteiger partial charge in [-0.05, 0) is 68.7 Å². The Labute approximate surface area is 202 Å². The number of hydrogen-bond acceptors (Lipinski definition) is 4. The van der Waals surface area contributed by atoms with Crippen LogP contribution in [0.15, 0.2) is 58.9 Å². The Morgan fingerprint density at radius 2 is 1.97 bits per heavy atom. The lowest BCUT2D eigenvalue weighted by molar-refractivity contribution is 0.0997. The molecule has 6 nitrogen and oxygen atoms in total. The van der Waals surface area contributed by atoms with Crippen molar-refractivity contribution in [1.82, 2.24) is 8.87 Å². The first-order chi connectivity index (χ1) is 15.7. The van der Waals surface area contributed by atoms with Crippen LogP contribution in [0.2, 0.25) is 5.02 Å². The van der Waals surface area contributed by atoms with E-state index in [9.17, 15) is 13.2 Å². The van der Waals surface area contributed by atoms with Gasteiger partial charge in [-0.25, -0.2) is 8.42 Å². The molecule has 1 aliphatic heterocycles. The molecule has 1 aliphatic rings. The molecule has 0 aliphatic carbocycles. The first-order valence-electron chi connectivity index (χ1n) is 10.8. The Morgan fingerprint density at radius 1 is 1.24 bits per heavy atom. The lowest BCUT2D eigenvalue weighted by Crippen LogP contribution is -2.41. The van der Waals surface area contributed by atoms with E-state index in [0.717, 1.165) is 35.0 Å². The van der Waals surface area contributed by atoms with Crippen molar-refractivity contribution in [2.24, 2.45) is 4.99 Å². The van der Waals surface area contributed by atoms with Gasteiger partial charge < -0.3 is 4.57 Å². The first-order valence-corrected chi connectivity index (χ1v) is 13.5. The second kappa shape index (κ2) is 9.54. The number of thiazole rings is 1. The molecule has 3 aromatic rings. The van der Waals surface area contributed by atoms with E-state index in [1.54, 1.807) is 10.4 Å². The smallest absolute Gasteiger partial charge is 0.279 e. The van der Waals surface area contributed by atoms with Crippen LogP contribution in [0, 0.1) is 6.92 Å². The standard InChI is InChI=1S/C24H26ClN3O3S2/c1-4-14-27-22-17(3)20(25)12-13-21(22)32-24(27)26-23(29)18-8-10-19(11-9-18)33(30,31)28-15-6-5-7-16(28)2/h4,8-13,16H,1,5-7,14-15H2,2-3H3. The molecular formula is C24H26ClN3O3S2. The summed E-state index contributed by atoms with van der Waals surface area (Å²) in [6, 6.07) is 9.77. The predicted molar refractivity (Wildman–Crippen MR) is 133 cm³/mol. The second-order valence-corrected chi connectivity index (χ2v) is 11.5. The Morgan fingerprint density at radius 3 is 2.64 bits per heavy atom. The number of amides is 1. The van der Waals surface area contributed by atoms with Crippen molar-refractivity contribution in [1.29, 1.82) is 0 Å². The van der Waals surface area contributed by atoms with E-state index in [4.69, 9.17) is 11.6 Å².